The summed E-state index contributed by atoms with van der Waals surface area (Å²) in [5.41, 5.74) is 0.710. The number of carbonyl (C=O) groups is 2. The van der Waals surface area contributed by atoms with Crippen molar-refractivity contribution in [3.05, 3.63) is 29.8 Å². The third-order valence-electron chi connectivity index (χ3n) is 7.53. The zero-order valence-corrected chi connectivity index (χ0v) is 17.1. The van der Waals surface area contributed by atoms with Gasteiger partial charge in [-0.05, 0) is 48.3 Å². The number of ether oxygens (including phenoxy) is 1. The van der Waals surface area contributed by atoms with Crippen molar-refractivity contribution >= 4 is 43.4 Å². The molecule has 5 rings (SSSR count). The van der Waals surface area contributed by atoms with E-state index in [1.165, 1.54) is 0 Å². The highest BCUT2D eigenvalue weighted by molar-refractivity contribution is 9.09. The number of fused-ring (bicyclic) bond motifs is 4. The van der Waals surface area contributed by atoms with Gasteiger partial charge in [-0.3, -0.25) is 9.59 Å². The summed E-state index contributed by atoms with van der Waals surface area (Å²) in [7, 11) is 1.65. The maximum Gasteiger partial charge on any atom is 0.145 e. The first-order valence-electron chi connectivity index (χ1n) is 8.95. The van der Waals surface area contributed by atoms with Crippen molar-refractivity contribution in [1.82, 2.24) is 0 Å². The third kappa shape index (κ3) is 1.82. The summed E-state index contributed by atoms with van der Waals surface area (Å²) in [6, 6.07) is 7.90. The Hall–Kier alpha value is -0.680. The van der Waals surface area contributed by atoms with Crippen LogP contribution in [0.3, 0.4) is 0 Å². The lowest BCUT2D eigenvalue weighted by atomic mass is 9.62. The van der Waals surface area contributed by atoms with E-state index in [0.29, 0.717) is 45.9 Å². The number of alkyl halides is 2. The van der Waals surface area contributed by atoms with Crippen molar-refractivity contribution in [1.29, 1.82) is 0 Å². The van der Waals surface area contributed by atoms with Crippen molar-refractivity contribution in [3.63, 3.8) is 0 Å². The summed E-state index contributed by atoms with van der Waals surface area (Å²) in [4.78, 5) is 27.2. The Morgan fingerprint density at radius 1 is 1.24 bits per heavy atom. The normalized spacial score (nSPS) is 46.3. The molecule has 0 aliphatic heterocycles. The largest absolute Gasteiger partial charge is 0.497 e. The van der Waals surface area contributed by atoms with Crippen molar-refractivity contribution in [2.75, 3.05) is 12.4 Å². The molecule has 0 heterocycles. The van der Waals surface area contributed by atoms with E-state index < -0.39 is 5.41 Å². The Morgan fingerprint density at radius 2 is 1.96 bits per heavy atom. The lowest BCUT2D eigenvalue weighted by molar-refractivity contribution is -0.148. The van der Waals surface area contributed by atoms with Crippen LogP contribution < -0.4 is 4.74 Å². The van der Waals surface area contributed by atoms with E-state index in [1.807, 2.05) is 24.3 Å². The first-order valence-corrected chi connectivity index (χ1v) is 11.0. The van der Waals surface area contributed by atoms with Crippen molar-refractivity contribution in [3.8, 4) is 5.75 Å². The molecule has 1 aromatic carbocycles. The van der Waals surface area contributed by atoms with E-state index in [4.69, 9.17) is 4.74 Å². The van der Waals surface area contributed by atoms with Crippen LogP contribution in [0.4, 0.5) is 0 Å². The van der Waals surface area contributed by atoms with Gasteiger partial charge in [0, 0.05) is 27.9 Å². The number of hydrogen-bond acceptors (Lipinski definition) is 3. The molecule has 0 N–H and O–H groups in total. The highest BCUT2D eigenvalue weighted by Crippen LogP contribution is 2.75. The van der Waals surface area contributed by atoms with E-state index in [9.17, 15) is 9.59 Å². The van der Waals surface area contributed by atoms with Crippen molar-refractivity contribution in [2.24, 2.45) is 40.9 Å². The van der Waals surface area contributed by atoms with Crippen LogP contribution in [0.25, 0.3) is 0 Å². The number of benzene rings is 1. The van der Waals surface area contributed by atoms with E-state index in [-0.39, 0.29) is 17.8 Å². The van der Waals surface area contributed by atoms with Crippen LogP contribution in [0, 0.1) is 40.9 Å². The summed E-state index contributed by atoms with van der Waals surface area (Å²) >= 11 is 7.49. The van der Waals surface area contributed by atoms with Gasteiger partial charge in [-0.25, -0.2) is 0 Å². The minimum absolute atomic E-state index is 0.0907. The highest BCUT2D eigenvalue weighted by atomic mass is 79.9. The van der Waals surface area contributed by atoms with Gasteiger partial charge < -0.3 is 4.74 Å². The first-order chi connectivity index (χ1) is 12.0. The second kappa shape index (κ2) is 5.41. The molecule has 132 valence electrons. The Bertz CT molecular complexity index is 761. The van der Waals surface area contributed by atoms with E-state index in [1.54, 1.807) is 7.11 Å². The second-order valence-electron chi connectivity index (χ2n) is 8.13. The smallest absolute Gasteiger partial charge is 0.145 e. The molecule has 0 unspecified atom stereocenters. The summed E-state index contributed by atoms with van der Waals surface area (Å²) in [6.07, 6.45) is 1.71. The zero-order chi connectivity index (χ0) is 17.5. The maximum absolute atomic E-state index is 13.4. The summed E-state index contributed by atoms with van der Waals surface area (Å²) < 4.78 is 5.22. The number of halogens is 2. The predicted octanol–water partition coefficient (Wildman–Crippen LogP) is 3.66. The number of hydrogen-bond donors (Lipinski definition) is 0. The van der Waals surface area contributed by atoms with Crippen molar-refractivity contribution in [2.45, 2.75) is 17.7 Å². The quantitative estimate of drug-likeness (QED) is 0.634. The van der Waals surface area contributed by atoms with Gasteiger partial charge >= 0.3 is 0 Å². The molecule has 5 heteroatoms. The third-order valence-corrected chi connectivity index (χ3v) is 9.75. The molecule has 0 saturated heterocycles. The topological polar surface area (TPSA) is 43.4 Å². The predicted molar refractivity (Wildman–Crippen MR) is 101 cm³/mol. The number of carbonyl (C=O) groups excluding carboxylic acids is 2. The molecule has 0 radical (unpaired) electrons. The molecule has 0 spiro atoms. The molecule has 0 aromatic heterocycles. The Balaban J connectivity index is 1.54. The average molecular weight is 468 g/mol. The van der Waals surface area contributed by atoms with Crippen LogP contribution in [0.1, 0.15) is 12.0 Å². The zero-order valence-electron chi connectivity index (χ0n) is 14.0. The van der Waals surface area contributed by atoms with Gasteiger partial charge in [0.05, 0.1) is 12.5 Å². The maximum atomic E-state index is 13.4. The van der Waals surface area contributed by atoms with Crippen LogP contribution in [0.2, 0.25) is 0 Å². The molecule has 8 atom stereocenters. The summed E-state index contributed by atoms with van der Waals surface area (Å²) in [5.74, 6) is 2.24. The van der Waals surface area contributed by atoms with Gasteiger partial charge in [0.15, 0.2) is 0 Å². The fourth-order valence-corrected chi connectivity index (χ4v) is 8.92. The number of Topliss-reactive ketones (excluding diaryl/α,β-unsaturated/α-hetero) is 2. The Morgan fingerprint density at radius 3 is 2.60 bits per heavy atom. The number of methoxy groups -OCH3 is 1. The van der Waals surface area contributed by atoms with Gasteiger partial charge in [-0.2, -0.15) is 0 Å². The van der Waals surface area contributed by atoms with Gasteiger partial charge in [0.2, 0.25) is 0 Å². The van der Waals surface area contributed by atoms with Crippen LogP contribution in [0.5, 0.6) is 5.75 Å². The monoisotopic (exact) mass is 466 g/mol. The molecule has 0 amide bonds. The van der Waals surface area contributed by atoms with Gasteiger partial charge in [-0.15, -0.1) is 0 Å². The van der Waals surface area contributed by atoms with Gasteiger partial charge in [0.25, 0.3) is 0 Å². The van der Waals surface area contributed by atoms with E-state index >= 15 is 0 Å². The fourth-order valence-electron chi connectivity index (χ4n) is 6.66. The lowest BCUT2D eigenvalue weighted by Crippen LogP contribution is -2.52. The fraction of sp³-hybridized carbons (Fsp3) is 0.600. The molecular weight excluding hydrogens is 448 g/mol. The van der Waals surface area contributed by atoms with Gasteiger partial charge in [0.1, 0.15) is 17.3 Å². The van der Waals surface area contributed by atoms with Crippen LogP contribution in [-0.4, -0.2) is 28.8 Å². The summed E-state index contributed by atoms with van der Waals surface area (Å²) in [5, 5.41) is 0.651. The summed E-state index contributed by atoms with van der Waals surface area (Å²) in [6.45, 7) is 0. The van der Waals surface area contributed by atoms with Crippen molar-refractivity contribution < 1.29 is 14.3 Å². The molecule has 4 saturated carbocycles. The van der Waals surface area contributed by atoms with Gasteiger partial charge in [-0.1, -0.05) is 44.0 Å². The highest BCUT2D eigenvalue weighted by Gasteiger charge is 2.80. The Labute approximate surface area is 164 Å². The standard InChI is InChI=1S/C20H20Br2O3/c1-25-10-4-2-9(3-5-10)6-11-14-15-13-7-12(17(15)22)16(18(11)23)20(13,8-21)19(14)24/h2-5,11-17H,6-8H2,1H3/t11-,12+,13+,14-,15-,16-,17+,20-/m0/s1. The molecule has 4 aliphatic carbocycles. The molecule has 4 bridgehead atoms. The molecule has 25 heavy (non-hydrogen) atoms. The molecule has 4 fully saturated rings. The lowest BCUT2D eigenvalue weighted by Gasteiger charge is -2.41. The molecular formula is C20H20Br2O3. The average Bonchev–Trinajstić information content (AvgIpc) is 3.16. The number of rotatable bonds is 4. The van der Waals surface area contributed by atoms with Crippen LogP contribution in [0.15, 0.2) is 24.3 Å². The molecule has 1 aromatic rings. The Kier molecular flexibility index (Phi) is 3.57. The minimum Gasteiger partial charge on any atom is -0.497 e. The van der Waals surface area contributed by atoms with Crippen LogP contribution in [-0.2, 0) is 16.0 Å². The van der Waals surface area contributed by atoms with Crippen LogP contribution >= 0.6 is 31.9 Å². The van der Waals surface area contributed by atoms with E-state index in [2.05, 4.69) is 31.9 Å². The molecule has 4 aliphatic rings. The SMILES string of the molecule is COc1ccc(C[C@@H]2C(=O)[C@@H]3[C@H]4C[C@@H]5[C@H]([C@@H]4Br)[C@H]2C(=O)[C@@]53CBr)cc1. The second-order valence-corrected chi connectivity index (χ2v) is 9.75. The number of ketones is 2. The van der Waals surface area contributed by atoms with E-state index in [0.717, 1.165) is 17.7 Å². The first kappa shape index (κ1) is 16.5. The molecule has 3 nitrogen and oxygen atoms in total. The minimum atomic E-state index is -0.405.